The molecule has 0 fully saturated rings. The highest BCUT2D eigenvalue weighted by atomic mass is 32.2. The van der Waals surface area contributed by atoms with Crippen molar-refractivity contribution in [3.8, 4) is 11.1 Å². The maximum atomic E-state index is 14.0. The predicted molar refractivity (Wildman–Crippen MR) is 111 cm³/mol. The molecule has 0 spiro atoms. The van der Waals surface area contributed by atoms with Crippen LogP contribution in [-0.4, -0.2) is 17.0 Å². The van der Waals surface area contributed by atoms with Crippen LogP contribution in [0.3, 0.4) is 0 Å². The van der Waals surface area contributed by atoms with Gasteiger partial charge in [0.2, 0.25) is 0 Å². The zero-order chi connectivity index (χ0) is 21.8. The molecule has 4 rings (SSSR count). The van der Waals surface area contributed by atoms with Crippen LogP contribution in [0.1, 0.15) is 5.56 Å². The summed E-state index contributed by atoms with van der Waals surface area (Å²) in [5.41, 5.74) is 5.93. The average Bonchev–Trinajstić information content (AvgIpc) is 3.14. The van der Waals surface area contributed by atoms with Gasteiger partial charge in [-0.25, -0.2) is 21.2 Å². The van der Waals surface area contributed by atoms with E-state index in [1.165, 1.54) is 37.6 Å². The number of fused-ring (bicyclic) bond motifs is 1. The Labute approximate surface area is 170 Å². The molecule has 0 aliphatic rings. The molecule has 0 saturated carbocycles. The van der Waals surface area contributed by atoms with E-state index in [0.717, 1.165) is 20.2 Å². The van der Waals surface area contributed by atoms with E-state index in [-0.39, 0.29) is 32.6 Å². The number of benzene rings is 2. The first-order valence-corrected chi connectivity index (χ1v) is 10.3. The number of nitrogen functional groups attached to an aromatic ring is 1. The average molecular weight is 429 g/mol. The van der Waals surface area contributed by atoms with Gasteiger partial charge < -0.3 is 10.3 Å². The van der Waals surface area contributed by atoms with Crippen molar-refractivity contribution in [2.75, 3.05) is 5.73 Å². The number of pyridine rings is 1. The maximum absolute atomic E-state index is 14.0. The summed E-state index contributed by atoms with van der Waals surface area (Å²) in [4.78, 5) is 12.9. The predicted octanol–water partition coefficient (Wildman–Crippen LogP) is 3.41. The lowest BCUT2D eigenvalue weighted by Gasteiger charge is -2.12. The summed E-state index contributed by atoms with van der Waals surface area (Å²) < 4.78 is 56.3. The summed E-state index contributed by atoms with van der Waals surface area (Å²) in [5.74, 6) is -1.79. The Morgan fingerprint density at radius 3 is 2.33 bits per heavy atom. The standard InChI is InChI=1S/C21H17F2N3O3S/c1-12-3-5-14(6-4-12)30(28,29)26-8-7-15-17(11-25(2)21(27)20(15)26)16-9-13(22)10-18(23)19(16)24/h3-11H,24H2,1-2H3. The largest absolute Gasteiger partial charge is 0.396 e. The summed E-state index contributed by atoms with van der Waals surface area (Å²) in [7, 11) is -2.66. The van der Waals surface area contributed by atoms with Gasteiger partial charge in [-0.3, -0.25) is 4.79 Å². The van der Waals surface area contributed by atoms with E-state index in [1.807, 2.05) is 6.92 Å². The van der Waals surface area contributed by atoms with E-state index in [0.29, 0.717) is 6.07 Å². The molecule has 2 N–H and O–H groups in total. The Morgan fingerprint density at radius 1 is 1.00 bits per heavy atom. The molecule has 6 nitrogen and oxygen atoms in total. The van der Waals surface area contributed by atoms with Crippen molar-refractivity contribution < 1.29 is 17.2 Å². The van der Waals surface area contributed by atoms with E-state index in [1.54, 1.807) is 12.1 Å². The number of nitrogens with two attached hydrogens (primary N) is 1. The Hall–Kier alpha value is -3.46. The summed E-state index contributed by atoms with van der Waals surface area (Å²) in [5, 5.41) is 0.213. The first-order valence-electron chi connectivity index (χ1n) is 8.89. The molecule has 2 aromatic heterocycles. The minimum Gasteiger partial charge on any atom is -0.396 e. The number of hydrogen-bond donors (Lipinski definition) is 1. The van der Waals surface area contributed by atoms with Gasteiger partial charge in [0.05, 0.1) is 10.6 Å². The van der Waals surface area contributed by atoms with Gasteiger partial charge in [-0.1, -0.05) is 17.7 Å². The summed E-state index contributed by atoms with van der Waals surface area (Å²) >= 11 is 0. The molecule has 154 valence electrons. The van der Waals surface area contributed by atoms with Crippen molar-refractivity contribution in [3.63, 3.8) is 0 Å². The Morgan fingerprint density at radius 2 is 1.67 bits per heavy atom. The number of nitrogens with zero attached hydrogens (tertiary/aromatic N) is 2. The molecule has 30 heavy (non-hydrogen) atoms. The van der Waals surface area contributed by atoms with Gasteiger partial charge in [0.1, 0.15) is 17.2 Å². The molecular weight excluding hydrogens is 412 g/mol. The van der Waals surface area contributed by atoms with Crippen LogP contribution in [0.25, 0.3) is 22.0 Å². The Bertz CT molecular complexity index is 1470. The smallest absolute Gasteiger partial charge is 0.275 e. The van der Waals surface area contributed by atoms with Crippen LogP contribution in [0.5, 0.6) is 0 Å². The highest BCUT2D eigenvalue weighted by Gasteiger charge is 2.24. The van der Waals surface area contributed by atoms with Crippen molar-refractivity contribution in [3.05, 3.63) is 82.4 Å². The van der Waals surface area contributed by atoms with Crippen LogP contribution >= 0.6 is 0 Å². The van der Waals surface area contributed by atoms with Crippen molar-refractivity contribution >= 4 is 26.6 Å². The van der Waals surface area contributed by atoms with Crippen molar-refractivity contribution in [2.45, 2.75) is 11.8 Å². The second kappa shape index (κ2) is 6.81. The molecular formula is C21H17F2N3O3S. The molecule has 4 aromatic rings. The number of rotatable bonds is 3. The Balaban J connectivity index is 2.06. The monoisotopic (exact) mass is 429 g/mol. The molecule has 0 amide bonds. The quantitative estimate of drug-likeness (QED) is 0.506. The number of anilines is 1. The SMILES string of the molecule is Cc1ccc(S(=O)(=O)n2ccc3c(-c4cc(F)cc(F)c4N)cn(C)c(=O)c32)cc1. The Kier molecular flexibility index (Phi) is 4.50. The molecule has 0 bridgehead atoms. The van der Waals surface area contributed by atoms with E-state index in [4.69, 9.17) is 5.73 Å². The van der Waals surface area contributed by atoms with E-state index < -0.39 is 27.2 Å². The maximum Gasteiger partial charge on any atom is 0.275 e. The normalized spacial score (nSPS) is 11.9. The fourth-order valence-corrected chi connectivity index (χ4v) is 4.72. The first-order chi connectivity index (χ1) is 14.1. The molecule has 0 aliphatic carbocycles. The number of halogens is 2. The zero-order valence-corrected chi connectivity index (χ0v) is 16.9. The van der Waals surface area contributed by atoms with Gasteiger partial charge in [-0.2, -0.15) is 0 Å². The van der Waals surface area contributed by atoms with Crippen LogP contribution in [-0.2, 0) is 17.1 Å². The minimum absolute atomic E-state index is 0.00868. The number of hydrogen-bond acceptors (Lipinski definition) is 4. The van der Waals surface area contributed by atoms with Gasteiger partial charge >= 0.3 is 0 Å². The zero-order valence-electron chi connectivity index (χ0n) is 16.1. The van der Waals surface area contributed by atoms with Crippen molar-refractivity contribution in [1.29, 1.82) is 0 Å². The van der Waals surface area contributed by atoms with Crippen molar-refractivity contribution in [2.24, 2.45) is 7.05 Å². The summed E-state index contributed by atoms with van der Waals surface area (Å²) in [6, 6.07) is 9.32. The van der Waals surface area contributed by atoms with Crippen LogP contribution in [0.15, 0.2) is 64.5 Å². The molecule has 0 saturated heterocycles. The van der Waals surface area contributed by atoms with E-state index in [9.17, 15) is 22.0 Å². The lowest BCUT2D eigenvalue weighted by molar-refractivity contribution is 0.586. The number of aryl methyl sites for hydroxylation is 2. The van der Waals surface area contributed by atoms with Gasteiger partial charge in [-0.05, 0) is 31.2 Å². The molecule has 2 heterocycles. The molecule has 2 aromatic carbocycles. The van der Waals surface area contributed by atoms with Crippen LogP contribution in [0.4, 0.5) is 14.5 Å². The third-order valence-electron chi connectivity index (χ3n) is 4.95. The van der Waals surface area contributed by atoms with Gasteiger partial charge in [0.15, 0.2) is 0 Å². The second-order valence-electron chi connectivity index (χ2n) is 7.00. The van der Waals surface area contributed by atoms with E-state index in [2.05, 4.69) is 0 Å². The fraction of sp³-hybridized carbons (Fsp3) is 0.0952. The molecule has 9 heteroatoms. The summed E-state index contributed by atoms with van der Waals surface area (Å²) in [6.07, 6.45) is 2.62. The first kappa shape index (κ1) is 19.8. The molecule has 0 unspecified atom stereocenters. The second-order valence-corrected chi connectivity index (χ2v) is 8.81. The van der Waals surface area contributed by atoms with Gasteiger partial charge in [0.25, 0.3) is 15.6 Å². The lowest BCUT2D eigenvalue weighted by Crippen LogP contribution is -2.22. The highest BCUT2D eigenvalue weighted by molar-refractivity contribution is 7.90. The molecule has 0 atom stereocenters. The van der Waals surface area contributed by atoms with Crippen molar-refractivity contribution in [1.82, 2.24) is 8.54 Å². The minimum atomic E-state index is -4.08. The van der Waals surface area contributed by atoms with Gasteiger partial charge in [0, 0.05) is 42.0 Å². The summed E-state index contributed by atoms with van der Waals surface area (Å²) in [6.45, 7) is 1.83. The third kappa shape index (κ3) is 2.98. The van der Waals surface area contributed by atoms with Gasteiger partial charge in [-0.15, -0.1) is 0 Å². The topological polar surface area (TPSA) is 87.1 Å². The van der Waals surface area contributed by atoms with Crippen LogP contribution in [0.2, 0.25) is 0 Å². The van der Waals surface area contributed by atoms with Crippen LogP contribution < -0.4 is 11.3 Å². The number of aromatic nitrogens is 2. The third-order valence-corrected chi connectivity index (χ3v) is 6.64. The molecule has 0 aliphatic heterocycles. The van der Waals surface area contributed by atoms with E-state index >= 15 is 0 Å². The highest BCUT2D eigenvalue weighted by Crippen LogP contribution is 2.34. The fourth-order valence-electron chi connectivity index (χ4n) is 3.38. The molecule has 0 radical (unpaired) electrons. The lowest BCUT2D eigenvalue weighted by atomic mass is 10.0. The van der Waals surface area contributed by atoms with Crippen LogP contribution in [0, 0.1) is 18.6 Å².